The average Bonchev–Trinajstić information content (AvgIpc) is 3.62. The van der Waals surface area contributed by atoms with Crippen molar-refractivity contribution in [3.63, 3.8) is 0 Å². The molecule has 1 saturated carbocycles. The zero-order chi connectivity index (χ0) is 41.9. The number of carbonyl (C=O) groups excluding carboxylic acids is 4. The highest BCUT2D eigenvalue weighted by molar-refractivity contribution is 6.58. The fourth-order valence-corrected chi connectivity index (χ4v) is 9.84. The van der Waals surface area contributed by atoms with Crippen molar-refractivity contribution in [3.8, 4) is 23.0 Å². The van der Waals surface area contributed by atoms with E-state index in [1.54, 1.807) is 60.7 Å². The molecule has 59 heavy (non-hydrogen) atoms. The number of ether oxygens (including phenoxy) is 3. The van der Waals surface area contributed by atoms with E-state index in [1.807, 2.05) is 12.2 Å². The maximum absolute atomic E-state index is 15.5. The SMILES string of the molecule is COc1ccc(C23C(=O)N(Nc4ccc(Cl)cc4Cl)C(=O)C2CC2C(=CCC4C(=O)N(c5cccc(B(O)O)c5)C(=O)C42)C3C=Cc2cc(OC)c(O)c(OC)c2)cc1. The van der Waals surface area contributed by atoms with Gasteiger partial charge in [-0.25, -0.2) is 0 Å². The summed E-state index contributed by atoms with van der Waals surface area (Å²) in [6, 6.07) is 20.7. The van der Waals surface area contributed by atoms with Crippen LogP contribution in [0.4, 0.5) is 11.4 Å². The van der Waals surface area contributed by atoms with Crippen molar-refractivity contribution < 1.29 is 48.5 Å². The first-order valence-corrected chi connectivity index (χ1v) is 19.5. The lowest BCUT2D eigenvalue weighted by Gasteiger charge is -2.49. The number of phenolic OH excluding ortho intramolecular Hbond substituents is 1. The Balaban J connectivity index is 1.31. The molecule has 2 aliphatic heterocycles. The highest BCUT2D eigenvalue weighted by Gasteiger charge is 2.69. The summed E-state index contributed by atoms with van der Waals surface area (Å²) in [4.78, 5) is 60.3. The molecule has 0 radical (unpaired) electrons. The number of anilines is 2. The van der Waals surface area contributed by atoms with Crippen LogP contribution in [-0.4, -0.2) is 72.2 Å². The van der Waals surface area contributed by atoms with Gasteiger partial charge in [-0.1, -0.05) is 71.3 Å². The van der Waals surface area contributed by atoms with Gasteiger partial charge in [-0.15, -0.1) is 0 Å². The Hall–Kier alpha value is -5.80. The van der Waals surface area contributed by atoms with E-state index in [0.717, 1.165) is 9.91 Å². The van der Waals surface area contributed by atoms with Gasteiger partial charge in [0.25, 0.3) is 11.8 Å². The molecule has 4 aromatic rings. The van der Waals surface area contributed by atoms with Crippen LogP contribution in [0.2, 0.25) is 10.0 Å². The summed E-state index contributed by atoms with van der Waals surface area (Å²) in [5.74, 6) is -5.77. The van der Waals surface area contributed by atoms with Crippen molar-refractivity contribution in [3.05, 3.63) is 118 Å². The molecular formula is C43H38BCl2N3O10. The summed E-state index contributed by atoms with van der Waals surface area (Å²) in [7, 11) is 2.51. The molecule has 0 bridgehead atoms. The Bertz CT molecular complexity index is 2440. The van der Waals surface area contributed by atoms with Crippen molar-refractivity contribution in [1.82, 2.24) is 5.01 Å². The second-order valence-electron chi connectivity index (χ2n) is 14.9. The topological polar surface area (TPSA) is 175 Å². The quantitative estimate of drug-likeness (QED) is 0.0946. The predicted molar refractivity (Wildman–Crippen MR) is 220 cm³/mol. The van der Waals surface area contributed by atoms with E-state index in [-0.39, 0.29) is 52.0 Å². The molecule has 2 aliphatic carbocycles. The Morgan fingerprint density at radius 1 is 0.847 bits per heavy atom. The lowest BCUT2D eigenvalue weighted by molar-refractivity contribution is -0.139. The molecule has 13 nitrogen and oxygen atoms in total. The summed E-state index contributed by atoms with van der Waals surface area (Å²) in [5, 5.41) is 31.9. The number of hydrogen-bond acceptors (Lipinski definition) is 11. The van der Waals surface area contributed by atoms with E-state index in [9.17, 15) is 29.5 Å². The van der Waals surface area contributed by atoms with E-state index in [1.165, 1.54) is 45.6 Å². The fourth-order valence-electron chi connectivity index (χ4n) is 9.39. The lowest BCUT2D eigenvalue weighted by Crippen LogP contribution is -2.54. The van der Waals surface area contributed by atoms with Crippen molar-refractivity contribution >= 4 is 76.9 Å². The number of phenols is 1. The largest absolute Gasteiger partial charge is 0.502 e. The van der Waals surface area contributed by atoms with Gasteiger partial charge in [-0.3, -0.25) is 29.5 Å². The van der Waals surface area contributed by atoms with Crippen LogP contribution in [0, 0.1) is 29.6 Å². The predicted octanol–water partition coefficient (Wildman–Crippen LogP) is 5.14. The molecule has 8 rings (SSSR count). The summed E-state index contributed by atoms with van der Waals surface area (Å²) in [6.45, 7) is 0. The molecule has 2 heterocycles. The number of hydrazine groups is 1. The van der Waals surface area contributed by atoms with Gasteiger partial charge in [0, 0.05) is 10.9 Å². The van der Waals surface area contributed by atoms with E-state index in [0.29, 0.717) is 27.5 Å². The zero-order valence-electron chi connectivity index (χ0n) is 32.0. The first-order chi connectivity index (χ1) is 28.3. The maximum Gasteiger partial charge on any atom is 0.488 e. The second-order valence-corrected chi connectivity index (χ2v) is 15.7. The second kappa shape index (κ2) is 15.4. The van der Waals surface area contributed by atoms with Crippen molar-refractivity contribution in [2.75, 3.05) is 31.7 Å². The lowest BCUT2D eigenvalue weighted by atomic mass is 9.50. The molecule has 3 fully saturated rings. The minimum Gasteiger partial charge on any atom is -0.502 e. The standard InChI is InChI=1S/C43H38BCl2N3O10/c1-57-27-11-8-23(9-12-27)43-31(15-7-22-17-35(58-2)38(50)36(18-22)59-3)28-13-14-29-37(41(53)48(39(29)51)26-6-4-5-24(19-26)44(55)56)30(28)21-32(43)40(52)49(42(43)54)47-34-16-10-25(45)20-33(34)46/h4-13,15-20,29-32,37,47,50,55-56H,14,21H2,1-3H3. The van der Waals surface area contributed by atoms with Crippen LogP contribution in [0.15, 0.2) is 96.6 Å². The van der Waals surface area contributed by atoms with Gasteiger partial charge in [0.2, 0.25) is 17.6 Å². The fraction of sp³-hybridized carbons (Fsp3) is 0.256. The van der Waals surface area contributed by atoms with Gasteiger partial charge in [0.1, 0.15) is 5.75 Å². The van der Waals surface area contributed by atoms with Crippen LogP contribution in [0.3, 0.4) is 0 Å². The Morgan fingerprint density at radius 3 is 2.20 bits per heavy atom. The van der Waals surface area contributed by atoms with E-state index in [4.69, 9.17) is 37.4 Å². The molecule has 4 N–H and O–H groups in total. The van der Waals surface area contributed by atoms with Crippen LogP contribution in [0.5, 0.6) is 23.0 Å². The monoisotopic (exact) mass is 837 g/mol. The van der Waals surface area contributed by atoms with E-state index in [2.05, 4.69) is 5.43 Å². The third-order valence-electron chi connectivity index (χ3n) is 12.1. The smallest absolute Gasteiger partial charge is 0.488 e. The summed E-state index contributed by atoms with van der Waals surface area (Å²) < 4.78 is 16.3. The number of imide groups is 2. The number of methoxy groups -OCH3 is 3. The summed E-state index contributed by atoms with van der Waals surface area (Å²) in [5.41, 5.74) is 3.69. The van der Waals surface area contributed by atoms with Gasteiger partial charge >= 0.3 is 7.12 Å². The van der Waals surface area contributed by atoms with Crippen LogP contribution in [0.1, 0.15) is 24.0 Å². The van der Waals surface area contributed by atoms with Gasteiger partial charge < -0.3 is 29.4 Å². The van der Waals surface area contributed by atoms with Crippen molar-refractivity contribution in [2.45, 2.75) is 18.3 Å². The number of rotatable bonds is 10. The molecule has 6 atom stereocenters. The number of nitrogens with one attached hydrogen (secondary N) is 1. The summed E-state index contributed by atoms with van der Waals surface area (Å²) >= 11 is 12.7. The number of fused-ring (bicyclic) bond motifs is 4. The Morgan fingerprint density at radius 2 is 1.56 bits per heavy atom. The number of benzene rings is 4. The molecule has 16 heteroatoms. The van der Waals surface area contributed by atoms with Gasteiger partial charge in [0.15, 0.2) is 11.5 Å². The first-order valence-electron chi connectivity index (χ1n) is 18.8. The Kier molecular flexibility index (Phi) is 10.5. The number of carbonyl (C=O) groups is 4. The summed E-state index contributed by atoms with van der Waals surface area (Å²) in [6.07, 6.45) is 5.67. The molecule has 4 aromatic carbocycles. The average molecular weight is 839 g/mol. The van der Waals surface area contributed by atoms with E-state index < -0.39 is 65.8 Å². The number of allylic oxidation sites excluding steroid dienone is 3. The maximum atomic E-state index is 15.5. The zero-order valence-corrected chi connectivity index (χ0v) is 33.5. The molecule has 0 spiro atoms. The molecule has 4 aliphatic rings. The molecule has 6 unspecified atom stereocenters. The van der Waals surface area contributed by atoms with Crippen molar-refractivity contribution in [2.24, 2.45) is 29.6 Å². The Labute approximate surface area is 349 Å². The van der Waals surface area contributed by atoms with Crippen LogP contribution >= 0.6 is 23.2 Å². The minimum atomic E-state index is -1.82. The number of nitrogens with zero attached hydrogens (tertiary/aromatic N) is 2. The van der Waals surface area contributed by atoms with Crippen LogP contribution in [0.25, 0.3) is 6.08 Å². The molecule has 2 saturated heterocycles. The van der Waals surface area contributed by atoms with E-state index >= 15 is 4.79 Å². The van der Waals surface area contributed by atoms with Crippen LogP contribution in [-0.2, 0) is 24.6 Å². The molecule has 0 aromatic heterocycles. The molecule has 302 valence electrons. The van der Waals surface area contributed by atoms with Gasteiger partial charge in [-0.05, 0) is 89.9 Å². The highest BCUT2D eigenvalue weighted by atomic mass is 35.5. The highest BCUT2D eigenvalue weighted by Crippen LogP contribution is 2.62. The third kappa shape index (κ3) is 6.42. The normalized spacial score (nSPS) is 24.8. The third-order valence-corrected chi connectivity index (χ3v) is 12.6. The van der Waals surface area contributed by atoms with Crippen molar-refractivity contribution in [1.29, 1.82) is 0 Å². The first kappa shape index (κ1) is 40.0. The number of aromatic hydroxyl groups is 1. The minimum absolute atomic E-state index is 0.0313. The number of hydrogen-bond donors (Lipinski definition) is 4. The number of amides is 4. The number of halogens is 2. The van der Waals surface area contributed by atoms with Gasteiger partial charge in [0.05, 0.1) is 60.9 Å². The van der Waals surface area contributed by atoms with Crippen LogP contribution < -0.4 is 30.0 Å². The van der Waals surface area contributed by atoms with Gasteiger partial charge in [-0.2, -0.15) is 5.01 Å². The molecular weight excluding hydrogens is 800 g/mol. The molecule has 4 amide bonds.